The molecule has 1 aromatic carbocycles. The van der Waals surface area contributed by atoms with Gasteiger partial charge in [0.1, 0.15) is 0 Å². The van der Waals surface area contributed by atoms with Crippen LogP contribution in [0.2, 0.25) is 39.3 Å². The fourth-order valence-corrected chi connectivity index (χ4v) is 16.9. The Labute approximate surface area is 252 Å². The molecule has 0 spiro atoms. The number of hydrogen-bond acceptors (Lipinski definition) is 4. The molecule has 4 bridgehead atoms. The van der Waals surface area contributed by atoms with E-state index in [1.807, 2.05) is 0 Å². The van der Waals surface area contributed by atoms with Gasteiger partial charge in [-0.1, -0.05) is 61.8 Å². The molecule has 4 saturated carbocycles. The third kappa shape index (κ3) is 5.11. The molecule has 0 radical (unpaired) electrons. The van der Waals surface area contributed by atoms with Crippen molar-refractivity contribution in [3.63, 3.8) is 0 Å². The molecule has 0 aromatic heterocycles. The summed E-state index contributed by atoms with van der Waals surface area (Å²) in [5.74, 6) is 3.60. The highest BCUT2D eigenvalue weighted by Crippen LogP contribution is 2.65. The van der Waals surface area contributed by atoms with Crippen LogP contribution >= 0.6 is 18.5 Å². The number of nitrogens with one attached hydrogen (secondary N) is 4. The first-order chi connectivity index (χ1) is 18.9. The van der Waals surface area contributed by atoms with Crippen LogP contribution in [-0.4, -0.2) is 73.7 Å². The molecule has 4 nitrogen and oxygen atoms in total. The van der Waals surface area contributed by atoms with Gasteiger partial charge in [0.05, 0.1) is 16.1 Å². The van der Waals surface area contributed by atoms with Crippen LogP contribution in [0.25, 0.3) is 0 Å². The molecule has 2 heterocycles. The second-order valence-electron chi connectivity index (χ2n) is 16.4. The van der Waals surface area contributed by atoms with Crippen molar-refractivity contribution in [2.75, 3.05) is 45.4 Å². The summed E-state index contributed by atoms with van der Waals surface area (Å²) < 4.78 is 0. The Morgan fingerprint density at radius 2 is 1.32 bits per heavy atom. The third-order valence-electron chi connectivity index (χ3n) is 11.8. The predicted molar refractivity (Wildman–Crippen MR) is 186 cm³/mol. The quantitative estimate of drug-likeness (QED) is 0.280. The van der Waals surface area contributed by atoms with E-state index in [2.05, 4.69) is 91.2 Å². The fraction of sp³-hybridized carbons (Fsp3) is 0.812. The molecule has 0 amide bonds. The maximum atomic E-state index is 4.05. The second kappa shape index (κ2) is 11.1. The first-order valence-corrected chi connectivity index (χ1v) is 24.8. The van der Waals surface area contributed by atoms with Gasteiger partial charge < -0.3 is 21.3 Å². The lowest BCUT2D eigenvalue weighted by molar-refractivity contribution is -0.0524. The zero-order valence-electron chi connectivity index (χ0n) is 26.3. The Hall–Kier alpha value is 0.354. The Balaban J connectivity index is 1.64. The Morgan fingerprint density at radius 1 is 0.800 bits per heavy atom. The Kier molecular flexibility index (Phi) is 8.40. The number of rotatable bonds is 7. The summed E-state index contributed by atoms with van der Waals surface area (Å²) >= 11 is 0. The highest BCUT2D eigenvalue weighted by molar-refractivity contribution is 7.18. The summed E-state index contributed by atoms with van der Waals surface area (Å²) in [4.78, 5) is 0. The van der Waals surface area contributed by atoms with E-state index in [9.17, 15) is 0 Å². The molecule has 40 heavy (non-hydrogen) atoms. The van der Waals surface area contributed by atoms with Crippen LogP contribution in [0.15, 0.2) is 12.1 Å². The van der Waals surface area contributed by atoms with Crippen LogP contribution < -0.4 is 31.6 Å². The first kappa shape index (κ1) is 30.4. The van der Waals surface area contributed by atoms with E-state index in [0.29, 0.717) is 17.5 Å². The Morgan fingerprint density at radius 3 is 1.77 bits per heavy atom. The van der Waals surface area contributed by atoms with Gasteiger partial charge in [-0.3, -0.25) is 0 Å². The standard InChI is InChI=1S/C32H58N4P2Si2/c1-39(2,3)27-14-24(31-16-21-11-22(17-31)13-23(12-21)26(31)20-37)25(15-28(27)40(4,5)6)32(38,29-18-33-7-9-35-29)30-19-34-8-10-36-30/h14-15,21-23,26,29-30,33-36H,7-13,16-20,37-38H2,1-6H3. The molecule has 1 aromatic rings. The van der Waals surface area contributed by atoms with Gasteiger partial charge >= 0.3 is 0 Å². The summed E-state index contributed by atoms with van der Waals surface area (Å²) in [5, 5.41) is 19.1. The first-order valence-electron chi connectivity index (χ1n) is 16.4. The highest BCUT2D eigenvalue weighted by atomic mass is 31.0. The minimum absolute atomic E-state index is 0.0721. The van der Waals surface area contributed by atoms with Gasteiger partial charge in [-0.2, -0.15) is 0 Å². The maximum absolute atomic E-state index is 4.05. The topological polar surface area (TPSA) is 48.1 Å². The molecular weight excluding hydrogens is 559 g/mol. The van der Waals surface area contributed by atoms with Crippen molar-refractivity contribution in [3.05, 3.63) is 23.3 Å². The van der Waals surface area contributed by atoms with Gasteiger partial charge in [0.2, 0.25) is 0 Å². The van der Waals surface area contributed by atoms with Crippen LogP contribution in [0.1, 0.15) is 43.2 Å². The summed E-state index contributed by atoms with van der Waals surface area (Å²) in [5.41, 5.74) is 3.81. The maximum Gasteiger partial charge on any atom is 0.0774 e. The molecule has 2 saturated heterocycles. The predicted octanol–water partition coefficient (Wildman–Crippen LogP) is 3.54. The SMILES string of the molecule is C[Si](C)(C)c1cc(C23CC4CC(CC(C4)C2CP)C3)c(C(P)(C2CNCCN2)C2CNCCN2)cc1[Si](C)(C)C. The number of piperazine rings is 2. The molecule has 224 valence electrons. The third-order valence-corrected chi connectivity index (χ3v) is 17.7. The Bertz CT molecular complexity index is 1060. The van der Waals surface area contributed by atoms with Crippen LogP contribution in [0.5, 0.6) is 0 Å². The molecule has 7 rings (SSSR count). The van der Waals surface area contributed by atoms with Crippen molar-refractivity contribution in [2.45, 2.75) is 94.0 Å². The van der Waals surface area contributed by atoms with E-state index in [-0.39, 0.29) is 5.16 Å². The van der Waals surface area contributed by atoms with Crippen LogP contribution in [0.3, 0.4) is 0 Å². The van der Waals surface area contributed by atoms with Crippen molar-refractivity contribution in [3.8, 4) is 0 Å². The molecule has 2 aliphatic heterocycles. The van der Waals surface area contributed by atoms with E-state index in [0.717, 1.165) is 62.9 Å². The summed E-state index contributed by atoms with van der Waals surface area (Å²) in [7, 11) is 3.65. The smallest absolute Gasteiger partial charge is 0.0774 e. The van der Waals surface area contributed by atoms with Crippen molar-refractivity contribution < 1.29 is 0 Å². The van der Waals surface area contributed by atoms with Crippen molar-refractivity contribution in [2.24, 2.45) is 23.7 Å². The van der Waals surface area contributed by atoms with Gasteiger partial charge in [0.15, 0.2) is 0 Å². The van der Waals surface area contributed by atoms with Gasteiger partial charge in [-0.25, -0.2) is 0 Å². The van der Waals surface area contributed by atoms with Crippen LogP contribution in [0, 0.1) is 23.7 Å². The van der Waals surface area contributed by atoms with E-state index >= 15 is 0 Å². The molecule has 8 heteroatoms. The summed E-state index contributed by atoms with van der Waals surface area (Å²) in [6.45, 7) is 21.9. The average Bonchev–Trinajstić information content (AvgIpc) is 2.91. The van der Waals surface area contributed by atoms with Gasteiger partial charge in [0, 0.05) is 56.5 Å². The highest BCUT2D eigenvalue weighted by Gasteiger charge is 2.59. The average molecular weight is 617 g/mol. The normalized spacial score (nSPS) is 37.9. The van der Waals surface area contributed by atoms with Crippen molar-refractivity contribution in [1.82, 2.24) is 21.3 Å². The lowest BCUT2D eigenvalue weighted by Crippen LogP contribution is -2.68. The zero-order chi connectivity index (χ0) is 28.5. The second-order valence-corrected chi connectivity index (χ2v) is 27.9. The number of benzene rings is 1. The molecule has 4 N–H and O–H groups in total. The minimum atomic E-state index is -1.58. The largest absolute Gasteiger partial charge is 0.314 e. The van der Waals surface area contributed by atoms with Gasteiger partial charge in [0.25, 0.3) is 0 Å². The molecule has 4 aliphatic carbocycles. The molecular formula is C32H58N4P2Si2. The number of hydrogen-bond donors (Lipinski definition) is 4. The molecule has 6 aliphatic rings. The van der Waals surface area contributed by atoms with Crippen LogP contribution in [0.4, 0.5) is 0 Å². The molecule has 6 fully saturated rings. The lowest BCUT2D eigenvalue weighted by atomic mass is 9.43. The minimum Gasteiger partial charge on any atom is -0.314 e. The molecule has 7 atom stereocenters. The van der Waals surface area contributed by atoms with Crippen LogP contribution in [-0.2, 0) is 10.6 Å². The summed E-state index contributed by atoms with van der Waals surface area (Å²) in [6, 6.07) is 6.50. The van der Waals surface area contributed by atoms with E-state index in [4.69, 9.17) is 0 Å². The monoisotopic (exact) mass is 616 g/mol. The van der Waals surface area contributed by atoms with E-state index < -0.39 is 16.1 Å². The van der Waals surface area contributed by atoms with Crippen molar-refractivity contribution in [1.29, 1.82) is 0 Å². The zero-order valence-corrected chi connectivity index (χ0v) is 30.6. The van der Waals surface area contributed by atoms with E-state index in [1.54, 1.807) is 21.5 Å². The lowest BCUT2D eigenvalue weighted by Gasteiger charge is -2.63. The van der Waals surface area contributed by atoms with Crippen molar-refractivity contribution >= 4 is 45.0 Å². The summed E-state index contributed by atoms with van der Waals surface area (Å²) in [6.07, 6.45) is 8.61. The van der Waals surface area contributed by atoms with Gasteiger partial charge in [-0.05, 0) is 78.5 Å². The molecule has 7 unspecified atom stereocenters. The fourth-order valence-electron chi connectivity index (χ4n) is 10.2. The van der Waals surface area contributed by atoms with E-state index in [1.165, 1.54) is 38.3 Å². The van der Waals surface area contributed by atoms with Gasteiger partial charge in [-0.15, -0.1) is 18.5 Å².